The van der Waals surface area contributed by atoms with Gasteiger partial charge in [-0.3, -0.25) is 4.79 Å². The van der Waals surface area contributed by atoms with Gasteiger partial charge in [0.2, 0.25) is 15.9 Å². The van der Waals surface area contributed by atoms with Crippen molar-refractivity contribution in [1.29, 1.82) is 0 Å². The SMILES string of the molecule is CC1CCCCC1NC(=O)C1CCCN(S(=O)(=O)c2cccc3nsnc23)C1. The van der Waals surface area contributed by atoms with E-state index >= 15 is 0 Å². The van der Waals surface area contributed by atoms with Crippen LogP contribution in [0.25, 0.3) is 11.0 Å². The van der Waals surface area contributed by atoms with Gasteiger partial charge in [0.05, 0.1) is 17.6 Å². The Balaban J connectivity index is 1.50. The van der Waals surface area contributed by atoms with Crippen molar-refractivity contribution in [2.75, 3.05) is 13.1 Å². The van der Waals surface area contributed by atoms with E-state index in [4.69, 9.17) is 0 Å². The smallest absolute Gasteiger partial charge is 0.245 e. The van der Waals surface area contributed by atoms with Crippen LogP contribution in [0, 0.1) is 11.8 Å². The second-order valence-electron chi connectivity index (χ2n) is 7.97. The Morgan fingerprint density at radius 2 is 2.00 bits per heavy atom. The van der Waals surface area contributed by atoms with Crippen LogP contribution < -0.4 is 5.32 Å². The average molecular weight is 423 g/mol. The highest BCUT2D eigenvalue weighted by atomic mass is 32.2. The van der Waals surface area contributed by atoms with Crippen molar-refractivity contribution in [3.63, 3.8) is 0 Å². The number of nitrogens with one attached hydrogen (secondary N) is 1. The van der Waals surface area contributed by atoms with Crippen LogP contribution in [0.3, 0.4) is 0 Å². The van der Waals surface area contributed by atoms with E-state index < -0.39 is 10.0 Å². The Morgan fingerprint density at radius 3 is 2.82 bits per heavy atom. The molecule has 0 bridgehead atoms. The van der Waals surface area contributed by atoms with Gasteiger partial charge in [-0.15, -0.1) is 0 Å². The first-order valence-corrected chi connectivity index (χ1v) is 12.2. The number of nitrogens with zero attached hydrogens (tertiary/aromatic N) is 3. The normalized spacial score (nSPS) is 27.0. The summed E-state index contributed by atoms with van der Waals surface area (Å²) >= 11 is 1.01. The number of hydrogen-bond acceptors (Lipinski definition) is 6. The van der Waals surface area contributed by atoms with Crippen LogP contribution in [-0.2, 0) is 14.8 Å². The molecule has 1 saturated heterocycles. The molecule has 2 heterocycles. The van der Waals surface area contributed by atoms with Gasteiger partial charge in [-0.1, -0.05) is 25.8 Å². The molecule has 28 heavy (non-hydrogen) atoms. The Labute approximate surface area is 169 Å². The number of hydrogen-bond donors (Lipinski definition) is 1. The first-order valence-electron chi connectivity index (χ1n) is 9.98. The van der Waals surface area contributed by atoms with Crippen LogP contribution in [0.5, 0.6) is 0 Å². The van der Waals surface area contributed by atoms with Gasteiger partial charge in [-0.2, -0.15) is 13.1 Å². The molecule has 1 aromatic heterocycles. The van der Waals surface area contributed by atoms with Crippen molar-refractivity contribution in [3.05, 3.63) is 18.2 Å². The average Bonchev–Trinajstić information content (AvgIpc) is 3.18. The van der Waals surface area contributed by atoms with Gasteiger partial charge in [0.25, 0.3) is 0 Å². The van der Waals surface area contributed by atoms with Crippen LogP contribution in [-0.4, -0.2) is 46.5 Å². The number of aromatic nitrogens is 2. The molecule has 3 unspecified atom stereocenters. The van der Waals surface area contributed by atoms with Gasteiger partial charge < -0.3 is 5.32 Å². The first-order chi connectivity index (χ1) is 13.5. The molecular formula is C19H26N4O3S2. The second-order valence-corrected chi connectivity index (χ2v) is 10.4. The quantitative estimate of drug-likeness (QED) is 0.818. The maximum absolute atomic E-state index is 13.2. The molecule has 3 atom stereocenters. The molecule has 2 aliphatic rings. The Bertz CT molecular complexity index is 959. The lowest BCUT2D eigenvalue weighted by atomic mass is 9.85. The second kappa shape index (κ2) is 8.04. The number of piperidine rings is 1. The first kappa shape index (κ1) is 19.7. The van der Waals surface area contributed by atoms with E-state index in [0.717, 1.165) is 37.4 Å². The zero-order chi connectivity index (χ0) is 19.7. The monoisotopic (exact) mass is 422 g/mol. The standard InChI is InChI=1S/C19H26N4O3S2/c1-13-6-2-3-8-15(13)20-19(24)14-7-5-11-23(12-14)28(25,26)17-10-4-9-16-18(17)22-27-21-16/h4,9-10,13-15H,2-3,5-8,11-12H2,1H3,(H,20,24). The largest absolute Gasteiger partial charge is 0.353 e. The third kappa shape index (κ3) is 3.79. The molecule has 0 radical (unpaired) electrons. The van der Waals surface area contributed by atoms with Crippen LogP contribution in [0.4, 0.5) is 0 Å². The highest BCUT2D eigenvalue weighted by molar-refractivity contribution is 7.89. The molecule has 4 rings (SSSR count). The Morgan fingerprint density at radius 1 is 1.18 bits per heavy atom. The minimum atomic E-state index is -3.71. The van der Waals surface area contributed by atoms with E-state index in [1.54, 1.807) is 18.2 Å². The zero-order valence-corrected chi connectivity index (χ0v) is 17.6. The number of fused-ring (bicyclic) bond motifs is 1. The summed E-state index contributed by atoms with van der Waals surface area (Å²) in [5.41, 5.74) is 0.999. The van der Waals surface area contributed by atoms with E-state index in [0.29, 0.717) is 29.9 Å². The van der Waals surface area contributed by atoms with E-state index in [9.17, 15) is 13.2 Å². The van der Waals surface area contributed by atoms with Crippen molar-refractivity contribution in [2.24, 2.45) is 11.8 Å². The molecule has 1 aliphatic heterocycles. The van der Waals surface area contributed by atoms with Gasteiger partial charge in [-0.05, 0) is 43.7 Å². The third-order valence-corrected chi connectivity index (χ3v) is 8.50. The number of carbonyl (C=O) groups is 1. The fraction of sp³-hybridized carbons (Fsp3) is 0.632. The summed E-state index contributed by atoms with van der Waals surface area (Å²) in [6, 6.07) is 5.24. The number of carbonyl (C=O) groups excluding carboxylic acids is 1. The molecule has 2 fully saturated rings. The van der Waals surface area contributed by atoms with E-state index in [2.05, 4.69) is 21.0 Å². The molecule has 1 saturated carbocycles. The summed E-state index contributed by atoms with van der Waals surface area (Å²) in [5.74, 6) is 0.175. The molecule has 7 nitrogen and oxygen atoms in total. The Hall–Kier alpha value is -1.58. The summed E-state index contributed by atoms with van der Waals surface area (Å²) in [4.78, 5) is 13.0. The lowest BCUT2D eigenvalue weighted by Crippen LogP contribution is -2.49. The Kier molecular flexibility index (Phi) is 5.66. The van der Waals surface area contributed by atoms with Gasteiger partial charge in [0.15, 0.2) is 0 Å². The molecular weight excluding hydrogens is 396 g/mol. The zero-order valence-electron chi connectivity index (χ0n) is 16.0. The molecule has 152 valence electrons. The minimum Gasteiger partial charge on any atom is -0.353 e. The van der Waals surface area contributed by atoms with E-state index in [1.807, 2.05) is 0 Å². The highest BCUT2D eigenvalue weighted by Gasteiger charge is 2.35. The summed E-state index contributed by atoms with van der Waals surface area (Å²) in [6.07, 6.45) is 5.93. The van der Waals surface area contributed by atoms with Gasteiger partial charge in [-0.25, -0.2) is 8.42 Å². The predicted molar refractivity (Wildman–Crippen MR) is 108 cm³/mol. The van der Waals surface area contributed by atoms with Crippen LogP contribution >= 0.6 is 11.7 Å². The molecule has 9 heteroatoms. The molecule has 1 aromatic carbocycles. The van der Waals surface area contributed by atoms with Crippen LogP contribution in [0.2, 0.25) is 0 Å². The molecule has 1 aliphatic carbocycles. The van der Waals surface area contributed by atoms with Crippen molar-refractivity contribution in [1.82, 2.24) is 18.4 Å². The summed E-state index contributed by atoms with van der Waals surface area (Å²) in [6.45, 7) is 2.84. The fourth-order valence-electron chi connectivity index (χ4n) is 4.33. The lowest BCUT2D eigenvalue weighted by Gasteiger charge is -2.34. The van der Waals surface area contributed by atoms with Crippen molar-refractivity contribution < 1.29 is 13.2 Å². The topological polar surface area (TPSA) is 92.3 Å². The van der Waals surface area contributed by atoms with Crippen molar-refractivity contribution in [3.8, 4) is 0 Å². The molecule has 1 amide bonds. The van der Waals surface area contributed by atoms with Crippen LogP contribution in [0.1, 0.15) is 45.4 Å². The van der Waals surface area contributed by atoms with Gasteiger partial charge >= 0.3 is 0 Å². The fourth-order valence-corrected chi connectivity index (χ4v) is 6.61. The molecule has 1 N–H and O–H groups in total. The summed E-state index contributed by atoms with van der Waals surface area (Å²) in [5, 5.41) is 3.19. The van der Waals surface area contributed by atoms with Crippen molar-refractivity contribution in [2.45, 2.75) is 56.4 Å². The summed E-state index contributed by atoms with van der Waals surface area (Å²) < 4.78 is 36.2. The summed E-state index contributed by atoms with van der Waals surface area (Å²) in [7, 11) is -3.71. The highest BCUT2D eigenvalue weighted by Crippen LogP contribution is 2.29. The van der Waals surface area contributed by atoms with Gasteiger partial charge in [0.1, 0.15) is 15.9 Å². The lowest BCUT2D eigenvalue weighted by molar-refractivity contribution is -0.127. The predicted octanol–water partition coefficient (Wildman–Crippen LogP) is 2.79. The number of benzene rings is 1. The maximum Gasteiger partial charge on any atom is 0.245 e. The minimum absolute atomic E-state index is 0.00724. The molecule has 0 spiro atoms. The number of sulfonamides is 1. The van der Waals surface area contributed by atoms with Crippen molar-refractivity contribution >= 4 is 38.7 Å². The van der Waals surface area contributed by atoms with Gasteiger partial charge in [0, 0.05) is 19.1 Å². The van der Waals surface area contributed by atoms with Crippen LogP contribution in [0.15, 0.2) is 23.1 Å². The molecule has 2 aromatic rings. The number of amides is 1. The van der Waals surface area contributed by atoms with E-state index in [-0.39, 0.29) is 29.3 Å². The maximum atomic E-state index is 13.2. The number of rotatable bonds is 4. The van der Waals surface area contributed by atoms with E-state index in [1.165, 1.54) is 10.7 Å². The third-order valence-electron chi connectivity index (χ3n) is 6.06.